The highest BCUT2D eigenvalue weighted by atomic mass is 35.5. The molecule has 0 aliphatic carbocycles. The van der Waals surface area contributed by atoms with Gasteiger partial charge in [0.25, 0.3) is 0 Å². The summed E-state index contributed by atoms with van der Waals surface area (Å²) >= 11 is 6.20. The van der Waals surface area contributed by atoms with Crippen molar-refractivity contribution in [3.63, 3.8) is 0 Å². The zero-order valence-corrected chi connectivity index (χ0v) is 25.0. The quantitative estimate of drug-likeness (QED) is 0.141. The molecular weight excluding hydrogens is 544 g/mol. The molecule has 0 bridgehead atoms. The van der Waals surface area contributed by atoms with Crippen LogP contribution in [0.15, 0.2) is 84.9 Å². The Labute approximate surface area is 253 Å². The minimum Gasteiger partial charge on any atom is -0.456 e. The number of carbonyl (C=O) groups is 1. The number of esters is 1. The molecular formula is C36H37ClN2O3. The fourth-order valence-corrected chi connectivity index (χ4v) is 6.38. The van der Waals surface area contributed by atoms with Crippen molar-refractivity contribution in [2.24, 2.45) is 0 Å². The molecule has 0 fully saturated rings. The average Bonchev–Trinajstić information content (AvgIpc) is 3.32. The third-order valence-corrected chi connectivity index (χ3v) is 8.52. The molecule has 6 rings (SSSR count). The van der Waals surface area contributed by atoms with E-state index >= 15 is 0 Å². The number of anilines is 3. The molecule has 1 N–H and O–H groups in total. The molecule has 0 saturated heterocycles. The van der Waals surface area contributed by atoms with Crippen LogP contribution in [0, 0.1) is 0 Å². The summed E-state index contributed by atoms with van der Waals surface area (Å²) in [7, 11) is 0. The van der Waals surface area contributed by atoms with Gasteiger partial charge in [-0.05, 0) is 61.4 Å². The third kappa shape index (κ3) is 5.00. The summed E-state index contributed by atoms with van der Waals surface area (Å²) < 4.78 is 13.0. The Kier molecular flexibility index (Phi) is 8.12. The van der Waals surface area contributed by atoms with Gasteiger partial charge in [-0.25, -0.2) is 4.79 Å². The molecule has 2 aliphatic rings. The number of rotatable bonds is 11. The van der Waals surface area contributed by atoms with Crippen LogP contribution in [0.25, 0.3) is 0 Å². The number of unbranched alkanes of at least 4 members (excludes halogenated alkanes) is 4. The van der Waals surface area contributed by atoms with Crippen LogP contribution in [0.4, 0.5) is 17.1 Å². The Bertz CT molecular complexity index is 1530. The van der Waals surface area contributed by atoms with Crippen LogP contribution in [0.3, 0.4) is 0 Å². The van der Waals surface area contributed by atoms with Crippen molar-refractivity contribution in [1.29, 1.82) is 0 Å². The van der Waals surface area contributed by atoms with Gasteiger partial charge in [0.05, 0.1) is 11.3 Å². The Morgan fingerprint density at radius 1 is 0.762 bits per heavy atom. The van der Waals surface area contributed by atoms with Crippen molar-refractivity contribution >= 4 is 34.6 Å². The van der Waals surface area contributed by atoms with Crippen LogP contribution in [0.1, 0.15) is 79.4 Å². The van der Waals surface area contributed by atoms with Crippen molar-refractivity contribution in [3.8, 4) is 11.5 Å². The number of nitrogens with zero attached hydrogens (tertiary/aromatic N) is 1. The van der Waals surface area contributed by atoms with E-state index in [0.717, 1.165) is 85.4 Å². The third-order valence-electron chi connectivity index (χ3n) is 8.27. The summed E-state index contributed by atoms with van der Waals surface area (Å²) in [4.78, 5) is 16.7. The van der Waals surface area contributed by atoms with Gasteiger partial charge in [0.15, 0.2) is 5.60 Å². The summed E-state index contributed by atoms with van der Waals surface area (Å²) in [5.41, 5.74) is 4.53. The van der Waals surface area contributed by atoms with Gasteiger partial charge in [-0.1, -0.05) is 87.5 Å². The zero-order chi connectivity index (χ0) is 29.1. The lowest BCUT2D eigenvalue weighted by atomic mass is 9.76. The van der Waals surface area contributed by atoms with E-state index in [2.05, 4.69) is 36.2 Å². The van der Waals surface area contributed by atoms with Crippen molar-refractivity contribution < 1.29 is 14.3 Å². The number of benzene rings is 4. The Morgan fingerprint density at radius 3 is 1.95 bits per heavy atom. The van der Waals surface area contributed by atoms with Gasteiger partial charge in [0, 0.05) is 46.2 Å². The number of nitrogens with one attached hydrogen (secondary N) is 1. The molecule has 6 heteroatoms. The van der Waals surface area contributed by atoms with Crippen LogP contribution in [-0.4, -0.2) is 19.1 Å². The summed E-state index contributed by atoms with van der Waals surface area (Å²) in [6.45, 7) is 6.23. The number of halogens is 1. The molecule has 0 amide bonds. The molecule has 4 aromatic rings. The standard InChI is InChI=1S/C36H37ClN2O3/c1-3-5-11-23-39(24-12-6-4-2)30-22-21-29(38-26-19-17-25(37)18-20-26)34-33(30)35(40)42-36(34)27-13-7-9-15-31(27)41-32-16-10-8-14-28(32)36/h7-10,13-22,38H,3-6,11-12,23-24H2,1-2H3. The lowest BCUT2D eigenvalue weighted by molar-refractivity contribution is 0.0226. The fraction of sp³-hybridized carbons (Fsp3) is 0.306. The topological polar surface area (TPSA) is 50.8 Å². The molecule has 0 unspecified atom stereocenters. The van der Waals surface area contributed by atoms with E-state index < -0.39 is 5.60 Å². The molecule has 1 spiro atoms. The number of hydrogen-bond donors (Lipinski definition) is 1. The molecule has 0 radical (unpaired) electrons. The van der Waals surface area contributed by atoms with E-state index in [-0.39, 0.29) is 5.97 Å². The monoisotopic (exact) mass is 580 g/mol. The van der Waals surface area contributed by atoms with Crippen LogP contribution in [0.2, 0.25) is 5.02 Å². The van der Waals surface area contributed by atoms with E-state index in [0.29, 0.717) is 22.1 Å². The molecule has 216 valence electrons. The molecule has 0 aromatic heterocycles. The Hall–Kier alpha value is -3.96. The van der Waals surface area contributed by atoms with Crippen LogP contribution >= 0.6 is 11.6 Å². The van der Waals surface area contributed by atoms with Crippen molar-refractivity contribution in [2.45, 2.75) is 58.0 Å². The normalized spacial score (nSPS) is 14.0. The molecule has 5 nitrogen and oxygen atoms in total. The first kappa shape index (κ1) is 28.2. The van der Waals surface area contributed by atoms with Crippen LogP contribution in [0.5, 0.6) is 11.5 Å². The maximum atomic E-state index is 14.3. The predicted molar refractivity (Wildman–Crippen MR) is 171 cm³/mol. The second-order valence-electron chi connectivity index (χ2n) is 11.1. The molecule has 2 heterocycles. The summed E-state index contributed by atoms with van der Waals surface area (Å²) in [5.74, 6) is 1.05. The molecule has 0 saturated carbocycles. The molecule has 4 aromatic carbocycles. The van der Waals surface area contributed by atoms with Crippen molar-refractivity contribution in [3.05, 3.63) is 112 Å². The summed E-state index contributed by atoms with van der Waals surface area (Å²) in [6, 6.07) is 27.5. The second-order valence-corrected chi connectivity index (χ2v) is 11.5. The van der Waals surface area contributed by atoms with Gasteiger partial charge >= 0.3 is 5.97 Å². The lowest BCUT2D eigenvalue weighted by Gasteiger charge is -2.37. The highest BCUT2D eigenvalue weighted by molar-refractivity contribution is 6.30. The number of ether oxygens (including phenoxy) is 2. The first-order valence-corrected chi connectivity index (χ1v) is 15.5. The molecule has 0 atom stereocenters. The first-order valence-electron chi connectivity index (χ1n) is 15.1. The number of para-hydroxylation sites is 2. The van der Waals surface area contributed by atoms with E-state index in [1.807, 2.05) is 72.8 Å². The van der Waals surface area contributed by atoms with E-state index in [9.17, 15) is 4.79 Å². The maximum Gasteiger partial charge on any atom is 0.342 e. The Morgan fingerprint density at radius 2 is 1.36 bits per heavy atom. The average molecular weight is 581 g/mol. The second kappa shape index (κ2) is 12.1. The lowest BCUT2D eigenvalue weighted by Crippen LogP contribution is -2.33. The van der Waals surface area contributed by atoms with Crippen LogP contribution < -0.4 is 15.0 Å². The van der Waals surface area contributed by atoms with E-state index in [1.165, 1.54) is 0 Å². The maximum absolute atomic E-state index is 14.3. The smallest absolute Gasteiger partial charge is 0.342 e. The summed E-state index contributed by atoms with van der Waals surface area (Å²) in [5, 5.41) is 4.27. The number of hydrogen-bond acceptors (Lipinski definition) is 5. The van der Waals surface area contributed by atoms with Gasteiger partial charge in [-0.15, -0.1) is 0 Å². The van der Waals surface area contributed by atoms with Crippen LogP contribution in [-0.2, 0) is 10.3 Å². The predicted octanol–water partition coefficient (Wildman–Crippen LogP) is 9.84. The SMILES string of the molecule is CCCCCN(CCCCC)c1ccc(Nc2ccc(Cl)cc2)c2c1C(=O)OC21c2ccccc2Oc2ccccc21. The highest BCUT2D eigenvalue weighted by Gasteiger charge is 2.56. The van der Waals surface area contributed by atoms with Gasteiger partial charge in [-0.3, -0.25) is 0 Å². The number of fused-ring (bicyclic) bond motifs is 6. The largest absolute Gasteiger partial charge is 0.456 e. The number of carbonyl (C=O) groups excluding carboxylic acids is 1. The minimum absolute atomic E-state index is 0.317. The van der Waals surface area contributed by atoms with E-state index in [1.54, 1.807) is 0 Å². The first-order chi connectivity index (χ1) is 20.6. The van der Waals surface area contributed by atoms with Gasteiger partial charge in [-0.2, -0.15) is 0 Å². The van der Waals surface area contributed by atoms with Gasteiger partial charge in [0.2, 0.25) is 0 Å². The van der Waals surface area contributed by atoms with Crippen molar-refractivity contribution in [1.82, 2.24) is 0 Å². The fourth-order valence-electron chi connectivity index (χ4n) is 6.26. The Balaban J connectivity index is 1.59. The van der Waals surface area contributed by atoms with Crippen molar-refractivity contribution in [2.75, 3.05) is 23.3 Å². The summed E-state index contributed by atoms with van der Waals surface area (Å²) in [6.07, 6.45) is 6.72. The molecule has 2 aliphatic heterocycles. The minimum atomic E-state index is -1.17. The van der Waals surface area contributed by atoms with Gasteiger partial charge < -0.3 is 19.7 Å². The van der Waals surface area contributed by atoms with Gasteiger partial charge in [0.1, 0.15) is 11.5 Å². The van der Waals surface area contributed by atoms with E-state index in [4.69, 9.17) is 21.1 Å². The molecule has 42 heavy (non-hydrogen) atoms. The highest BCUT2D eigenvalue weighted by Crippen LogP contribution is 2.59. The zero-order valence-electron chi connectivity index (χ0n) is 24.3.